The first-order valence-corrected chi connectivity index (χ1v) is 5.68. The first-order valence-electron chi connectivity index (χ1n) is 5.68. The number of carboxylic acid groups (broad SMARTS) is 1. The van der Waals surface area contributed by atoms with E-state index in [0.29, 0.717) is 6.42 Å². The molecule has 0 radical (unpaired) electrons. The summed E-state index contributed by atoms with van der Waals surface area (Å²) in [5.41, 5.74) is -0.210. The molecule has 1 saturated carbocycles. The number of aliphatic carboxylic acids is 1. The van der Waals surface area contributed by atoms with Gasteiger partial charge in [0.15, 0.2) is 0 Å². The van der Waals surface area contributed by atoms with Gasteiger partial charge in [0.1, 0.15) is 0 Å². The molecular weight excluding hydrogens is 208 g/mol. The number of aromatic amines is 1. The Bertz CT molecular complexity index is 421. The molecule has 5 nitrogen and oxygen atoms in total. The van der Waals surface area contributed by atoms with Crippen LogP contribution in [0.4, 0.5) is 0 Å². The van der Waals surface area contributed by atoms with E-state index in [4.69, 9.17) is 0 Å². The number of nitrogens with zero attached hydrogens (tertiary/aromatic N) is 1. The lowest BCUT2D eigenvalue weighted by Gasteiger charge is -2.21. The zero-order valence-electron chi connectivity index (χ0n) is 9.06. The lowest BCUT2D eigenvalue weighted by molar-refractivity contribution is -0.143. The van der Waals surface area contributed by atoms with Gasteiger partial charge in [0.2, 0.25) is 0 Å². The first-order chi connectivity index (χ1) is 7.70. The van der Waals surface area contributed by atoms with Crippen LogP contribution in [-0.4, -0.2) is 20.6 Å². The Kier molecular flexibility index (Phi) is 3.12. The molecule has 16 heavy (non-hydrogen) atoms. The van der Waals surface area contributed by atoms with Crippen LogP contribution in [0.15, 0.2) is 17.2 Å². The summed E-state index contributed by atoms with van der Waals surface area (Å²) in [5, 5.41) is 9.20. The van der Waals surface area contributed by atoms with Gasteiger partial charge in [-0.25, -0.2) is 4.79 Å². The first kappa shape index (κ1) is 11.0. The summed E-state index contributed by atoms with van der Waals surface area (Å²) in [7, 11) is 0. The van der Waals surface area contributed by atoms with E-state index in [-0.39, 0.29) is 11.7 Å². The summed E-state index contributed by atoms with van der Waals surface area (Å²) >= 11 is 0. The maximum atomic E-state index is 11.5. The Morgan fingerprint density at radius 2 is 2.12 bits per heavy atom. The number of aromatic nitrogens is 2. The van der Waals surface area contributed by atoms with Gasteiger partial charge < -0.3 is 10.1 Å². The van der Waals surface area contributed by atoms with E-state index in [9.17, 15) is 14.7 Å². The summed E-state index contributed by atoms with van der Waals surface area (Å²) in [6, 6.07) is -0.196. The normalized spacial score (nSPS) is 26.2. The van der Waals surface area contributed by atoms with Crippen molar-refractivity contribution >= 4 is 5.97 Å². The zero-order valence-corrected chi connectivity index (χ0v) is 9.06. The molecule has 0 spiro atoms. The van der Waals surface area contributed by atoms with Crippen molar-refractivity contribution in [3.05, 3.63) is 22.9 Å². The molecule has 1 aromatic heterocycles. The van der Waals surface area contributed by atoms with E-state index in [1.54, 1.807) is 12.4 Å². The summed E-state index contributed by atoms with van der Waals surface area (Å²) in [6.45, 7) is 0. The maximum Gasteiger partial charge on any atom is 0.325 e. The second kappa shape index (κ2) is 4.55. The number of hydrogen-bond acceptors (Lipinski definition) is 2. The van der Waals surface area contributed by atoms with Gasteiger partial charge in [-0.1, -0.05) is 19.3 Å². The highest BCUT2D eigenvalue weighted by Crippen LogP contribution is 2.31. The lowest BCUT2D eigenvalue weighted by Crippen LogP contribution is -2.31. The van der Waals surface area contributed by atoms with Crippen molar-refractivity contribution in [2.75, 3.05) is 0 Å². The fraction of sp³-hybridized carbons (Fsp3) is 0.636. The summed E-state index contributed by atoms with van der Waals surface area (Å²) in [6.07, 6.45) is 7.63. The second-order valence-electron chi connectivity index (χ2n) is 4.32. The fourth-order valence-corrected chi connectivity index (χ4v) is 2.50. The van der Waals surface area contributed by atoms with Gasteiger partial charge in [-0.2, -0.15) is 0 Å². The molecule has 0 bridgehead atoms. The van der Waals surface area contributed by atoms with Crippen LogP contribution in [0.1, 0.15) is 38.1 Å². The number of rotatable bonds is 2. The van der Waals surface area contributed by atoms with Crippen LogP contribution < -0.4 is 5.69 Å². The molecule has 1 aromatic rings. The van der Waals surface area contributed by atoms with Gasteiger partial charge in [0.05, 0.1) is 12.0 Å². The number of hydrogen-bond donors (Lipinski definition) is 2. The molecule has 2 unspecified atom stereocenters. The minimum absolute atomic E-state index is 0.196. The highest BCUT2D eigenvalue weighted by molar-refractivity contribution is 5.70. The largest absolute Gasteiger partial charge is 0.481 e. The van der Waals surface area contributed by atoms with E-state index in [0.717, 1.165) is 25.7 Å². The van der Waals surface area contributed by atoms with Gasteiger partial charge in [-0.05, 0) is 12.8 Å². The number of carbonyl (C=O) groups is 1. The van der Waals surface area contributed by atoms with Crippen LogP contribution in [-0.2, 0) is 4.79 Å². The second-order valence-corrected chi connectivity index (χ2v) is 4.32. The van der Waals surface area contributed by atoms with Crippen molar-refractivity contribution in [3.63, 3.8) is 0 Å². The minimum atomic E-state index is -0.792. The summed E-state index contributed by atoms with van der Waals surface area (Å²) in [5.74, 6) is -1.23. The SMILES string of the molecule is O=C(O)C1CCCCCC1n1cc[nH]c1=O. The van der Waals surface area contributed by atoms with E-state index in [2.05, 4.69) is 4.98 Å². The van der Waals surface area contributed by atoms with Crippen LogP contribution >= 0.6 is 0 Å². The highest BCUT2D eigenvalue weighted by Gasteiger charge is 2.31. The predicted octanol–water partition coefficient (Wildman–Crippen LogP) is 1.38. The van der Waals surface area contributed by atoms with Gasteiger partial charge in [0.25, 0.3) is 0 Å². The molecular formula is C11H16N2O3. The van der Waals surface area contributed by atoms with Gasteiger partial charge in [0, 0.05) is 12.4 Å². The minimum Gasteiger partial charge on any atom is -0.481 e. The van der Waals surface area contributed by atoms with Crippen LogP contribution in [0.2, 0.25) is 0 Å². The van der Waals surface area contributed by atoms with Crippen LogP contribution in [0, 0.1) is 5.92 Å². The Balaban J connectivity index is 2.31. The summed E-state index contributed by atoms with van der Waals surface area (Å²) in [4.78, 5) is 25.3. The van der Waals surface area contributed by atoms with Crippen molar-refractivity contribution in [1.29, 1.82) is 0 Å². The van der Waals surface area contributed by atoms with Gasteiger partial charge in [-0.15, -0.1) is 0 Å². The van der Waals surface area contributed by atoms with Crippen LogP contribution in [0.3, 0.4) is 0 Å². The molecule has 5 heteroatoms. The number of H-pyrrole nitrogens is 1. The molecule has 0 saturated heterocycles. The Labute approximate surface area is 93.1 Å². The molecule has 0 amide bonds. The van der Waals surface area contributed by atoms with E-state index < -0.39 is 11.9 Å². The topological polar surface area (TPSA) is 75.1 Å². The van der Waals surface area contributed by atoms with Crippen molar-refractivity contribution in [2.45, 2.75) is 38.1 Å². The molecule has 1 aliphatic carbocycles. The molecule has 88 valence electrons. The molecule has 1 heterocycles. The molecule has 2 atom stereocenters. The quantitative estimate of drug-likeness (QED) is 0.745. The van der Waals surface area contributed by atoms with Gasteiger partial charge in [-0.3, -0.25) is 9.36 Å². The van der Waals surface area contributed by atoms with Crippen LogP contribution in [0.25, 0.3) is 0 Å². The molecule has 2 rings (SSSR count). The van der Waals surface area contributed by atoms with Crippen molar-refractivity contribution in [3.8, 4) is 0 Å². The lowest BCUT2D eigenvalue weighted by atomic mass is 9.95. The molecule has 1 fully saturated rings. The Morgan fingerprint density at radius 3 is 2.75 bits per heavy atom. The number of imidazole rings is 1. The van der Waals surface area contributed by atoms with Crippen molar-refractivity contribution in [2.24, 2.45) is 5.92 Å². The predicted molar refractivity (Wildman–Crippen MR) is 58.3 cm³/mol. The standard InChI is InChI=1S/C11H16N2O3/c14-10(15)8-4-2-1-3-5-9(8)13-7-6-12-11(13)16/h6-9H,1-5H2,(H,12,16)(H,14,15). The van der Waals surface area contributed by atoms with E-state index >= 15 is 0 Å². The molecule has 0 aliphatic heterocycles. The third-order valence-corrected chi connectivity index (χ3v) is 3.33. The van der Waals surface area contributed by atoms with E-state index in [1.165, 1.54) is 4.57 Å². The third kappa shape index (κ3) is 2.03. The molecule has 0 aromatic carbocycles. The smallest absolute Gasteiger partial charge is 0.325 e. The van der Waals surface area contributed by atoms with E-state index in [1.807, 2.05) is 0 Å². The average molecular weight is 224 g/mol. The average Bonchev–Trinajstić information content (AvgIpc) is 2.54. The highest BCUT2D eigenvalue weighted by atomic mass is 16.4. The monoisotopic (exact) mass is 224 g/mol. The Hall–Kier alpha value is -1.52. The van der Waals surface area contributed by atoms with Crippen LogP contribution in [0.5, 0.6) is 0 Å². The van der Waals surface area contributed by atoms with Crippen molar-refractivity contribution in [1.82, 2.24) is 9.55 Å². The maximum absolute atomic E-state index is 11.5. The third-order valence-electron chi connectivity index (χ3n) is 3.33. The molecule has 1 aliphatic rings. The fourth-order valence-electron chi connectivity index (χ4n) is 2.50. The number of nitrogens with one attached hydrogen (secondary N) is 1. The number of carboxylic acids is 1. The Morgan fingerprint density at radius 1 is 1.38 bits per heavy atom. The molecule has 2 N–H and O–H groups in total. The van der Waals surface area contributed by atoms with Crippen molar-refractivity contribution < 1.29 is 9.90 Å². The zero-order chi connectivity index (χ0) is 11.5. The summed E-state index contributed by atoms with van der Waals surface area (Å²) < 4.78 is 1.53. The van der Waals surface area contributed by atoms with Gasteiger partial charge >= 0.3 is 11.7 Å².